The van der Waals surface area contributed by atoms with Crippen molar-refractivity contribution in [1.29, 1.82) is 0 Å². The predicted octanol–water partition coefficient (Wildman–Crippen LogP) is 2.22. The number of nitrogens with zero attached hydrogens (tertiary/aromatic N) is 1. The van der Waals surface area contributed by atoms with Crippen molar-refractivity contribution in [3.8, 4) is 0 Å². The number of rotatable bonds is 3. The molecule has 116 valence electrons. The molecule has 21 heavy (non-hydrogen) atoms. The lowest BCUT2D eigenvalue weighted by Crippen LogP contribution is -2.32. The first kappa shape index (κ1) is 17.3. The summed E-state index contributed by atoms with van der Waals surface area (Å²) in [6, 6.07) is 5.49. The highest BCUT2D eigenvalue weighted by atomic mass is 16.5. The summed E-state index contributed by atoms with van der Waals surface area (Å²) in [5.41, 5.74) is 0.293. The van der Waals surface area contributed by atoms with E-state index in [1.165, 1.54) is 0 Å². The van der Waals surface area contributed by atoms with Gasteiger partial charge in [0, 0.05) is 12.1 Å². The van der Waals surface area contributed by atoms with Gasteiger partial charge in [0.1, 0.15) is 11.3 Å². The van der Waals surface area contributed by atoms with Crippen LogP contribution in [0.25, 0.3) is 0 Å². The highest BCUT2D eigenvalue weighted by Gasteiger charge is 2.22. The number of ketones is 1. The molecule has 0 radical (unpaired) electrons. The van der Waals surface area contributed by atoms with Crippen LogP contribution < -0.4 is 5.32 Å². The first-order valence-electron chi connectivity index (χ1n) is 7.21. The normalized spacial score (nSPS) is 15.6. The molecular formula is C16H24N2O3. The number of pyridine rings is 1. The van der Waals surface area contributed by atoms with Crippen molar-refractivity contribution in [2.45, 2.75) is 39.2 Å². The largest absolute Gasteiger partial charge is 0.462 e. The van der Waals surface area contributed by atoms with Gasteiger partial charge < -0.3 is 10.1 Å². The van der Waals surface area contributed by atoms with E-state index in [2.05, 4.69) is 15.0 Å². The Bertz CT molecular complexity index is 435. The van der Waals surface area contributed by atoms with E-state index in [0.717, 1.165) is 25.9 Å². The van der Waals surface area contributed by atoms with Gasteiger partial charge in [0.15, 0.2) is 5.78 Å². The molecule has 1 fully saturated rings. The average molecular weight is 292 g/mol. The van der Waals surface area contributed by atoms with E-state index >= 15 is 0 Å². The fourth-order valence-electron chi connectivity index (χ4n) is 1.95. The molecule has 1 aliphatic heterocycles. The smallest absolute Gasteiger partial charge is 0.293 e. The Balaban J connectivity index is 0.000000270. The number of carbonyl (C=O) groups excluding carboxylic acids is 2. The number of carbonyl (C=O) groups is 2. The van der Waals surface area contributed by atoms with Crippen LogP contribution in [-0.4, -0.2) is 35.9 Å². The summed E-state index contributed by atoms with van der Waals surface area (Å²) in [5, 5.41) is 3.25. The van der Waals surface area contributed by atoms with E-state index < -0.39 is 0 Å². The van der Waals surface area contributed by atoms with Crippen LogP contribution in [0.5, 0.6) is 0 Å². The molecule has 1 saturated heterocycles. The second-order valence-electron chi connectivity index (χ2n) is 5.93. The van der Waals surface area contributed by atoms with Crippen molar-refractivity contribution in [2.24, 2.45) is 5.92 Å². The van der Waals surface area contributed by atoms with E-state index in [4.69, 9.17) is 0 Å². The van der Waals surface area contributed by atoms with Crippen LogP contribution in [-0.2, 0) is 9.53 Å². The fraction of sp³-hybridized carbons (Fsp3) is 0.562. The number of piperidine rings is 1. The standard InChI is InChI=1S/C11H14N2O.C5H10O2/c14-11(9-4-7-12-8-5-9)10-3-1-2-6-13-10;1-5(2,3)7-4-6/h1-3,6,9,12H,4-5,7-8H2;4H,1-3H3. The molecule has 5 heteroatoms. The number of nitrogens with one attached hydrogen (secondary N) is 1. The molecule has 0 atom stereocenters. The molecule has 1 aromatic heterocycles. The first-order valence-corrected chi connectivity index (χ1v) is 7.21. The Morgan fingerprint density at radius 1 is 1.33 bits per heavy atom. The molecule has 1 aromatic rings. The number of hydrogen-bond acceptors (Lipinski definition) is 5. The summed E-state index contributed by atoms with van der Waals surface area (Å²) in [6.07, 6.45) is 3.55. The monoisotopic (exact) mass is 292 g/mol. The quantitative estimate of drug-likeness (QED) is 0.683. The Labute approximate surface area is 126 Å². The molecule has 0 unspecified atom stereocenters. The molecule has 1 aliphatic rings. The first-order chi connectivity index (χ1) is 9.94. The molecule has 2 rings (SSSR count). The molecular weight excluding hydrogens is 268 g/mol. The van der Waals surface area contributed by atoms with Crippen LogP contribution in [0, 0.1) is 5.92 Å². The van der Waals surface area contributed by atoms with Crippen molar-refractivity contribution >= 4 is 12.3 Å². The molecule has 0 bridgehead atoms. The van der Waals surface area contributed by atoms with Crippen molar-refractivity contribution in [3.05, 3.63) is 30.1 Å². The highest BCUT2D eigenvalue weighted by Crippen LogP contribution is 2.16. The van der Waals surface area contributed by atoms with Crippen LogP contribution in [0.3, 0.4) is 0 Å². The second-order valence-corrected chi connectivity index (χ2v) is 5.93. The molecule has 1 N–H and O–H groups in total. The lowest BCUT2D eigenvalue weighted by atomic mass is 9.92. The number of ether oxygens (including phenoxy) is 1. The Morgan fingerprint density at radius 3 is 2.43 bits per heavy atom. The zero-order valence-corrected chi connectivity index (χ0v) is 13.0. The van der Waals surface area contributed by atoms with E-state index in [1.54, 1.807) is 12.3 Å². The summed E-state index contributed by atoms with van der Waals surface area (Å²) >= 11 is 0. The van der Waals surface area contributed by atoms with Gasteiger partial charge in [0.05, 0.1) is 0 Å². The van der Waals surface area contributed by atoms with E-state index in [-0.39, 0.29) is 17.3 Å². The van der Waals surface area contributed by atoms with Crippen LogP contribution in [0.1, 0.15) is 44.1 Å². The van der Waals surface area contributed by atoms with Gasteiger partial charge in [-0.1, -0.05) is 6.07 Å². The molecule has 0 amide bonds. The Morgan fingerprint density at radius 2 is 2.00 bits per heavy atom. The number of Topliss-reactive ketones (excluding diaryl/α,β-unsaturated/α-hetero) is 1. The number of hydrogen-bond donors (Lipinski definition) is 1. The SMILES string of the molecule is CC(C)(C)OC=O.O=C(c1ccccn1)C1CCNCC1. The molecule has 0 saturated carbocycles. The van der Waals surface area contributed by atoms with Crippen LogP contribution in [0.2, 0.25) is 0 Å². The van der Waals surface area contributed by atoms with Gasteiger partial charge in [-0.3, -0.25) is 14.6 Å². The fourth-order valence-corrected chi connectivity index (χ4v) is 1.95. The third-order valence-corrected chi connectivity index (χ3v) is 3.03. The third-order valence-electron chi connectivity index (χ3n) is 3.03. The molecule has 2 heterocycles. The van der Waals surface area contributed by atoms with Crippen LogP contribution in [0.15, 0.2) is 24.4 Å². The summed E-state index contributed by atoms with van der Waals surface area (Å²) < 4.78 is 4.55. The van der Waals surface area contributed by atoms with E-state index in [9.17, 15) is 9.59 Å². The van der Waals surface area contributed by atoms with Gasteiger partial charge in [0.25, 0.3) is 6.47 Å². The van der Waals surface area contributed by atoms with Gasteiger partial charge in [0.2, 0.25) is 0 Å². The molecule has 0 aliphatic carbocycles. The third kappa shape index (κ3) is 6.99. The van der Waals surface area contributed by atoms with Crippen molar-refractivity contribution in [2.75, 3.05) is 13.1 Å². The molecule has 0 aromatic carbocycles. The predicted molar refractivity (Wildman–Crippen MR) is 81.1 cm³/mol. The van der Waals surface area contributed by atoms with Gasteiger partial charge >= 0.3 is 0 Å². The van der Waals surface area contributed by atoms with Crippen LogP contribution >= 0.6 is 0 Å². The average Bonchev–Trinajstić information content (AvgIpc) is 2.48. The van der Waals surface area contributed by atoms with Gasteiger partial charge in [-0.05, 0) is 58.8 Å². The summed E-state index contributed by atoms with van der Waals surface area (Å²) in [5.74, 6) is 0.373. The number of aromatic nitrogens is 1. The molecule has 5 nitrogen and oxygen atoms in total. The van der Waals surface area contributed by atoms with Gasteiger partial charge in [-0.2, -0.15) is 0 Å². The van der Waals surface area contributed by atoms with Gasteiger partial charge in [-0.25, -0.2) is 0 Å². The lowest BCUT2D eigenvalue weighted by molar-refractivity contribution is -0.138. The minimum atomic E-state index is -0.318. The molecule has 0 spiro atoms. The van der Waals surface area contributed by atoms with Crippen molar-refractivity contribution in [3.63, 3.8) is 0 Å². The Kier molecular flexibility index (Phi) is 7.02. The summed E-state index contributed by atoms with van der Waals surface area (Å²) in [7, 11) is 0. The zero-order valence-electron chi connectivity index (χ0n) is 13.0. The van der Waals surface area contributed by atoms with Crippen LogP contribution in [0.4, 0.5) is 0 Å². The van der Waals surface area contributed by atoms with Crippen molar-refractivity contribution in [1.82, 2.24) is 10.3 Å². The maximum Gasteiger partial charge on any atom is 0.293 e. The van der Waals surface area contributed by atoms with Crippen molar-refractivity contribution < 1.29 is 14.3 Å². The second kappa shape index (κ2) is 8.52. The Hall–Kier alpha value is -1.75. The highest BCUT2D eigenvalue weighted by molar-refractivity contribution is 5.96. The minimum absolute atomic E-state index is 0.172. The topological polar surface area (TPSA) is 68.3 Å². The van der Waals surface area contributed by atoms with E-state index in [1.807, 2.05) is 32.9 Å². The maximum absolute atomic E-state index is 11.9. The maximum atomic E-state index is 11.9. The van der Waals surface area contributed by atoms with E-state index in [0.29, 0.717) is 12.2 Å². The zero-order chi connectivity index (χ0) is 15.7. The summed E-state index contributed by atoms with van der Waals surface area (Å²) in [6.45, 7) is 7.82. The lowest BCUT2D eigenvalue weighted by Gasteiger charge is -2.20. The minimum Gasteiger partial charge on any atom is -0.462 e. The summed E-state index contributed by atoms with van der Waals surface area (Å²) in [4.78, 5) is 25.6. The van der Waals surface area contributed by atoms with Gasteiger partial charge in [-0.15, -0.1) is 0 Å².